The van der Waals surface area contributed by atoms with E-state index in [0.717, 1.165) is 0 Å². The summed E-state index contributed by atoms with van der Waals surface area (Å²) >= 11 is 0. The van der Waals surface area contributed by atoms with Crippen LogP contribution in [0.25, 0.3) is 0 Å². The van der Waals surface area contributed by atoms with Crippen LogP contribution in [0.1, 0.15) is 12.5 Å². The Bertz CT molecular complexity index is 818. The first-order valence-corrected chi connectivity index (χ1v) is 9.44. The minimum absolute atomic E-state index is 0.0645. The van der Waals surface area contributed by atoms with E-state index in [1.165, 1.54) is 0 Å². The monoisotopic (exact) mass is 348 g/mol. The van der Waals surface area contributed by atoms with Crippen LogP contribution in [0.3, 0.4) is 0 Å². The second kappa shape index (κ2) is 6.64. The number of benzene rings is 1. The van der Waals surface area contributed by atoms with Crippen molar-refractivity contribution in [2.45, 2.75) is 31.0 Å². The van der Waals surface area contributed by atoms with Crippen molar-refractivity contribution in [3.05, 3.63) is 48.3 Å². The molecule has 7 nitrogen and oxygen atoms in total. The first-order chi connectivity index (χ1) is 11.5. The molecule has 0 bridgehead atoms. The molecule has 24 heavy (non-hydrogen) atoms. The lowest BCUT2D eigenvalue weighted by Gasteiger charge is -2.23. The van der Waals surface area contributed by atoms with Gasteiger partial charge >= 0.3 is 6.03 Å². The van der Waals surface area contributed by atoms with E-state index in [0.29, 0.717) is 17.0 Å². The zero-order valence-electron chi connectivity index (χ0n) is 13.4. The van der Waals surface area contributed by atoms with Gasteiger partial charge in [-0.15, -0.1) is 0 Å². The van der Waals surface area contributed by atoms with E-state index in [-0.39, 0.29) is 30.9 Å². The third-order valence-electron chi connectivity index (χ3n) is 3.98. The number of amides is 2. The number of urea groups is 1. The molecule has 1 N–H and O–H groups in total. The lowest BCUT2D eigenvalue weighted by Crippen LogP contribution is -2.45. The van der Waals surface area contributed by atoms with Gasteiger partial charge in [0.15, 0.2) is 9.84 Å². The fourth-order valence-electron chi connectivity index (χ4n) is 2.77. The second-order valence-corrected chi connectivity index (χ2v) is 8.00. The van der Waals surface area contributed by atoms with E-state index in [9.17, 15) is 13.2 Å². The number of fused-ring (bicyclic) bond motifs is 1. The maximum absolute atomic E-state index is 12.5. The molecule has 1 aromatic heterocycles. The highest BCUT2D eigenvalue weighted by atomic mass is 32.2. The Balaban J connectivity index is 1.70. The van der Waals surface area contributed by atoms with Crippen molar-refractivity contribution in [2.75, 3.05) is 12.3 Å². The first kappa shape index (κ1) is 16.5. The molecule has 128 valence electrons. The minimum Gasteiger partial charge on any atom is -0.334 e. The van der Waals surface area contributed by atoms with Crippen molar-refractivity contribution >= 4 is 15.9 Å². The molecule has 2 aromatic rings. The Hall–Kier alpha value is -2.35. The summed E-state index contributed by atoms with van der Waals surface area (Å²) in [4.78, 5) is 14.4. The summed E-state index contributed by atoms with van der Waals surface area (Å²) < 4.78 is 26.4. The number of carbonyl (C=O) groups is 1. The van der Waals surface area contributed by atoms with E-state index in [1.54, 1.807) is 40.0 Å². The fourth-order valence-corrected chi connectivity index (χ4v) is 4.27. The summed E-state index contributed by atoms with van der Waals surface area (Å²) in [6.07, 6.45) is 3.52. The van der Waals surface area contributed by atoms with E-state index < -0.39 is 9.84 Å². The largest absolute Gasteiger partial charge is 0.334 e. The molecule has 1 aliphatic heterocycles. The van der Waals surface area contributed by atoms with Gasteiger partial charge in [0.25, 0.3) is 0 Å². The number of hydrogen-bond acceptors (Lipinski definition) is 4. The number of aromatic nitrogens is 2. The highest BCUT2D eigenvalue weighted by Gasteiger charge is 2.27. The molecule has 1 aliphatic rings. The molecule has 1 aromatic carbocycles. The first-order valence-electron chi connectivity index (χ1n) is 7.79. The quantitative estimate of drug-likeness (QED) is 0.905. The minimum atomic E-state index is -3.35. The van der Waals surface area contributed by atoms with Crippen molar-refractivity contribution < 1.29 is 13.2 Å². The average Bonchev–Trinajstić information content (AvgIpc) is 2.99. The lowest BCUT2D eigenvalue weighted by atomic mass is 10.2. The van der Waals surface area contributed by atoms with Gasteiger partial charge in [0.05, 0.1) is 17.2 Å². The van der Waals surface area contributed by atoms with Crippen molar-refractivity contribution in [2.24, 2.45) is 0 Å². The van der Waals surface area contributed by atoms with Crippen LogP contribution >= 0.6 is 0 Å². The highest BCUT2D eigenvalue weighted by molar-refractivity contribution is 7.91. The predicted molar refractivity (Wildman–Crippen MR) is 89.1 cm³/mol. The van der Waals surface area contributed by atoms with Gasteiger partial charge in [0.1, 0.15) is 0 Å². The number of carbonyl (C=O) groups excluding carboxylic acids is 1. The van der Waals surface area contributed by atoms with Gasteiger partial charge in [0.2, 0.25) is 0 Å². The Morgan fingerprint density at radius 3 is 2.88 bits per heavy atom. The zero-order chi connectivity index (χ0) is 17.2. The maximum Gasteiger partial charge on any atom is 0.318 e. The van der Waals surface area contributed by atoms with Crippen LogP contribution in [0, 0.1) is 0 Å². The third kappa shape index (κ3) is 3.59. The molecule has 2 amide bonds. The molecular weight excluding hydrogens is 328 g/mol. The Kier molecular flexibility index (Phi) is 4.57. The standard InChI is InChI=1S/C16H20N4O3S/c1-13(11-20-8-4-7-17-20)18-16(21)19-9-10-24(22,23)15-6-3-2-5-14(15)12-19/h2-8,13H,9-12H2,1H3,(H,18,21). The van der Waals surface area contributed by atoms with E-state index >= 15 is 0 Å². The summed E-state index contributed by atoms with van der Waals surface area (Å²) in [5, 5.41) is 7.02. The Morgan fingerprint density at radius 2 is 2.12 bits per heavy atom. The van der Waals surface area contributed by atoms with Crippen LogP contribution in [0.15, 0.2) is 47.6 Å². The molecule has 1 unspecified atom stereocenters. The van der Waals surface area contributed by atoms with Gasteiger partial charge in [-0.1, -0.05) is 18.2 Å². The highest BCUT2D eigenvalue weighted by Crippen LogP contribution is 2.22. The molecule has 0 radical (unpaired) electrons. The number of hydrogen-bond donors (Lipinski definition) is 1. The van der Waals surface area contributed by atoms with E-state index in [2.05, 4.69) is 10.4 Å². The van der Waals surface area contributed by atoms with Gasteiger partial charge in [-0.3, -0.25) is 4.68 Å². The van der Waals surface area contributed by atoms with E-state index in [1.807, 2.05) is 19.2 Å². The molecule has 8 heteroatoms. The summed E-state index contributed by atoms with van der Waals surface area (Å²) in [5.74, 6) is -0.0645. The van der Waals surface area contributed by atoms with Crippen molar-refractivity contribution in [3.63, 3.8) is 0 Å². The SMILES string of the molecule is CC(Cn1cccn1)NC(=O)N1CCS(=O)(=O)c2ccccc2C1. The summed E-state index contributed by atoms with van der Waals surface area (Å²) in [5.41, 5.74) is 0.657. The summed E-state index contributed by atoms with van der Waals surface area (Å²) in [7, 11) is -3.35. The molecule has 0 spiro atoms. The summed E-state index contributed by atoms with van der Waals surface area (Å²) in [6.45, 7) is 2.91. The number of nitrogens with one attached hydrogen (secondary N) is 1. The second-order valence-electron chi connectivity index (χ2n) is 5.93. The van der Waals surface area contributed by atoms with Crippen LogP contribution in [0.5, 0.6) is 0 Å². The summed E-state index contributed by atoms with van der Waals surface area (Å²) in [6, 6.07) is 8.30. The predicted octanol–water partition coefficient (Wildman–Crippen LogP) is 1.27. The van der Waals surface area contributed by atoms with Crippen LogP contribution in [-0.4, -0.2) is 47.5 Å². The Labute approximate surface area is 141 Å². The molecule has 0 fully saturated rings. The smallest absolute Gasteiger partial charge is 0.318 e. The Morgan fingerprint density at radius 1 is 1.33 bits per heavy atom. The van der Waals surface area contributed by atoms with Gasteiger partial charge in [-0.05, 0) is 24.6 Å². The van der Waals surface area contributed by atoms with Crippen LogP contribution in [0.2, 0.25) is 0 Å². The molecule has 0 saturated carbocycles. The molecular formula is C16H20N4O3S. The van der Waals surface area contributed by atoms with Crippen LogP contribution in [-0.2, 0) is 22.9 Å². The van der Waals surface area contributed by atoms with Crippen molar-refractivity contribution in [1.82, 2.24) is 20.0 Å². The third-order valence-corrected chi connectivity index (χ3v) is 5.76. The fraction of sp³-hybridized carbons (Fsp3) is 0.375. The zero-order valence-corrected chi connectivity index (χ0v) is 14.2. The van der Waals surface area contributed by atoms with Gasteiger partial charge in [-0.2, -0.15) is 5.10 Å². The van der Waals surface area contributed by atoms with Crippen LogP contribution in [0.4, 0.5) is 4.79 Å². The normalized spacial score (nSPS) is 17.6. The number of rotatable bonds is 3. The average molecular weight is 348 g/mol. The molecule has 1 atom stereocenters. The van der Waals surface area contributed by atoms with Gasteiger partial charge in [-0.25, -0.2) is 13.2 Å². The van der Waals surface area contributed by atoms with Crippen molar-refractivity contribution in [1.29, 1.82) is 0 Å². The number of nitrogens with zero attached hydrogens (tertiary/aromatic N) is 3. The molecule has 0 aliphatic carbocycles. The van der Waals surface area contributed by atoms with Gasteiger partial charge < -0.3 is 10.2 Å². The van der Waals surface area contributed by atoms with E-state index in [4.69, 9.17) is 0 Å². The lowest BCUT2D eigenvalue weighted by molar-refractivity contribution is 0.193. The number of sulfone groups is 1. The molecule has 2 heterocycles. The molecule has 0 saturated heterocycles. The van der Waals surface area contributed by atoms with Crippen LogP contribution < -0.4 is 5.32 Å². The topological polar surface area (TPSA) is 84.3 Å². The molecule has 3 rings (SSSR count). The van der Waals surface area contributed by atoms with Gasteiger partial charge in [0, 0.05) is 31.5 Å². The van der Waals surface area contributed by atoms with Crippen molar-refractivity contribution in [3.8, 4) is 0 Å². The maximum atomic E-state index is 12.5.